The van der Waals surface area contributed by atoms with Crippen LogP contribution in [0.25, 0.3) is 0 Å². The molecule has 0 aromatic heterocycles. The van der Waals surface area contributed by atoms with Crippen LogP contribution in [0.3, 0.4) is 0 Å². The number of benzene rings is 1. The fraction of sp³-hybridized carbons (Fsp3) is 0.500. The highest BCUT2D eigenvalue weighted by atomic mass is 32.2. The number of nitrogens with one attached hydrogen (secondary N) is 1. The molecular formula is C14H21NO2S. The fourth-order valence-electron chi connectivity index (χ4n) is 1.61. The Labute approximate surface area is 113 Å². The van der Waals surface area contributed by atoms with Gasteiger partial charge in [0.1, 0.15) is 0 Å². The maximum Gasteiger partial charge on any atom is 0.230 e. The molecule has 100 valence electrons. The number of hydrogen-bond donors (Lipinski definition) is 2. The van der Waals surface area contributed by atoms with Gasteiger partial charge in [0.15, 0.2) is 0 Å². The highest BCUT2D eigenvalue weighted by Gasteiger charge is 2.08. The van der Waals surface area contributed by atoms with Crippen molar-refractivity contribution in [1.29, 1.82) is 0 Å². The molecule has 1 aromatic carbocycles. The Hall–Kier alpha value is -1.00. The van der Waals surface area contributed by atoms with Gasteiger partial charge in [0.05, 0.1) is 18.4 Å². The average Bonchev–Trinajstić information content (AvgIpc) is 2.36. The second kappa shape index (κ2) is 8.16. The van der Waals surface area contributed by atoms with E-state index in [9.17, 15) is 4.79 Å². The van der Waals surface area contributed by atoms with Crippen molar-refractivity contribution in [1.82, 2.24) is 5.32 Å². The molecule has 1 rings (SSSR count). The number of carbonyl (C=O) groups is 1. The van der Waals surface area contributed by atoms with E-state index in [1.807, 2.05) is 13.0 Å². The molecule has 0 saturated heterocycles. The lowest BCUT2D eigenvalue weighted by Gasteiger charge is -2.13. The number of aliphatic hydroxyl groups is 1. The highest BCUT2D eigenvalue weighted by Crippen LogP contribution is 2.13. The summed E-state index contributed by atoms with van der Waals surface area (Å²) in [5.41, 5.74) is 2.48. The van der Waals surface area contributed by atoms with Crippen molar-refractivity contribution < 1.29 is 9.90 Å². The van der Waals surface area contributed by atoms with E-state index < -0.39 is 0 Å². The molecule has 3 nitrogen and oxygen atoms in total. The first-order chi connectivity index (χ1) is 8.65. The lowest BCUT2D eigenvalue weighted by Crippen LogP contribution is -2.37. The van der Waals surface area contributed by atoms with Crippen molar-refractivity contribution >= 4 is 17.7 Å². The summed E-state index contributed by atoms with van der Waals surface area (Å²) < 4.78 is 0. The zero-order chi connectivity index (χ0) is 13.4. The second-order valence-corrected chi connectivity index (χ2v) is 5.32. The summed E-state index contributed by atoms with van der Waals surface area (Å²) in [4.78, 5) is 11.6. The average molecular weight is 267 g/mol. The maximum absolute atomic E-state index is 11.6. The van der Waals surface area contributed by atoms with E-state index >= 15 is 0 Å². The standard InChI is InChI=1S/C14H21NO2S/c1-3-13(8-16)15-14(17)10-18-9-12-6-4-5-11(2)7-12/h4-7,13,16H,3,8-10H2,1-2H3,(H,15,17). The van der Waals surface area contributed by atoms with Crippen LogP contribution in [0.5, 0.6) is 0 Å². The van der Waals surface area contributed by atoms with E-state index in [2.05, 4.69) is 30.4 Å². The van der Waals surface area contributed by atoms with E-state index in [1.54, 1.807) is 11.8 Å². The van der Waals surface area contributed by atoms with E-state index in [4.69, 9.17) is 5.11 Å². The van der Waals surface area contributed by atoms with Gasteiger partial charge < -0.3 is 10.4 Å². The number of hydrogen-bond acceptors (Lipinski definition) is 3. The predicted molar refractivity (Wildman–Crippen MR) is 76.6 cm³/mol. The van der Waals surface area contributed by atoms with Gasteiger partial charge in [-0.2, -0.15) is 0 Å². The third-order valence-electron chi connectivity index (χ3n) is 2.66. The molecule has 1 unspecified atom stereocenters. The van der Waals surface area contributed by atoms with Gasteiger partial charge in [-0.3, -0.25) is 4.79 Å². The number of aliphatic hydroxyl groups excluding tert-OH is 1. The van der Waals surface area contributed by atoms with E-state index in [0.29, 0.717) is 5.75 Å². The van der Waals surface area contributed by atoms with Gasteiger partial charge >= 0.3 is 0 Å². The topological polar surface area (TPSA) is 49.3 Å². The Bertz CT molecular complexity index is 378. The summed E-state index contributed by atoms with van der Waals surface area (Å²) in [6, 6.07) is 8.18. The highest BCUT2D eigenvalue weighted by molar-refractivity contribution is 7.99. The fourth-order valence-corrected chi connectivity index (χ4v) is 2.40. The van der Waals surface area contributed by atoms with Crippen LogP contribution < -0.4 is 5.32 Å². The van der Waals surface area contributed by atoms with Crippen LogP contribution in [0.15, 0.2) is 24.3 Å². The third kappa shape index (κ3) is 5.56. The molecular weight excluding hydrogens is 246 g/mol. The molecule has 0 radical (unpaired) electrons. The minimum Gasteiger partial charge on any atom is -0.394 e. The Morgan fingerprint density at radius 2 is 2.28 bits per heavy atom. The largest absolute Gasteiger partial charge is 0.394 e. The van der Waals surface area contributed by atoms with Gasteiger partial charge in [-0.15, -0.1) is 11.8 Å². The molecule has 0 saturated carbocycles. The van der Waals surface area contributed by atoms with E-state index in [1.165, 1.54) is 11.1 Å². The zero-order valence-electron chi connectivity index (χ0n) is 11.0. The molecule has 1 amide bonds. The number of thioether (sulfide) groups is 1. The zero-order valence-corrected chi connectivity index (χ0v) is 11.8. The Morgan fingerprint density at radius 1 is 1.50 bits per heavy atom. The Balaban J connectivity index is 2.27. The smallest absolute Gasteiger partial charge is 0.230 e. The molecule has 0 spiro atoms. The minimum absolute atomic E-state index is 0.00475. The third-order valence-corrected chi connectivity index (χ3v) is 3.67. The molecule has 1 aromatic rings. The molecule has 2 N–H and O–H groups in total. The van der Waals surface area contributed by atoms with Crippen LogP contribution in [0, 0.1) is 6.92 Å². The summed E-state index contributed by atoms with van der Waals surface area (Å²) in [5, 5.41) is 11.8. The van der Waals surface area contributed by atoms with Gasteiger partial charge in [-0.1, -0.05) is 36.8 Å². The Kier molecular flexibility index (Phi) is 6.83. The Morgan fingerprint density at radius 3 is 2.89 bits per heavy atom. The molecule has 1 atom stereocenters. The number of rotatable bonds is 7. The second-order valence-electron chi connectivity index (χ2n) is 4.34. The summed E-state index contributed by atoms with van der Waals surface area (Å²) >= 11 is 1.59. The van der Waals surface area contributed by atoms with Crippen molar-refractivity contribution in [3.05, 3.63) is 35.4 Å². The van der Waals surface area contributed by atoms with Crippen molar-refractivity contribution in [2.45, 2.75) is 32.1 Å². The van der Waals surface area contributed by atoms with Crippen molar-refractivity contribution in [3.63, 3.8) is 0 Å². The molecule has 0 aliphatic rings. The molecule has 0 fully saturated rings. The normalized spacial score (nSPS) is 12.2. The van der Waals surface area contributed by atoms with Crippen molar-refractivity contribution in [3.8, 4) is 0 Å². The van der Waals surface area contributed by atoms with Gasteiger partial charge in [-0.25, -0.2) is 0 Å². The lowest BCUT2D eigenvalue weighted by atomic mass is 10.2. The molecule has 0 bridgehead atoms. The monoisotopic (exact) mass is 267 g/mol. The van der Waals surface area contributed by atoms with Crippen molar-refractivity contribution in [2.75, 3.05) is 12.4 Å². The molecule has 0 aliphatic carbocycles. The molecule has 0 heterocycles. The van der Waals surface area contributed by atoms with Gasteiger partial charge in [0, 0.05) is 5.75 Å². The maximum atomic E-state index is 11.6. The van der Waals surface area contributed by atoms with Crippen LogP contribution in [0.1, 0.15) is 24.5 Å². The first-order valence-electron chi connectivity index (χ1n) is 6.19. The summed E-state index contributed by atoms with van der Waals surface area (Å²) in [6.45, 7) is 4.01. The molecule has 18 heavy (non-hydrogen) atoms. The summed E-state index contributed by atoms with van der Waals surface area (Å²) in [5.74, 6) is 1.27. The van der Waals surface area contributed by atoms with E-state index in [0.717, 1.165) is 12.2 Å². The van der Waals surface area contributed by atoms with Crippen molar-refractivity contribution in [2.24, 2.45) is 0 Å². The van der Waals surface area contributed by atoms with Crippen LogP contribution in [-0.2, 0) is 10.5 Å². The minimum atomic E-state index is -0.114. The summed E-state index contributed by atoms with van der Waals surface area (Å²) in [7, 11) is 0. The molecule has 4 heteroatoms. The van der Waals surface area contributed by atoms with Crippen LogP contribution >= 0.6 is 11.8 Å². The number of aryl methyl sites for hydroxylation is 1. The van der Waals surface area contributed by atoms with Crippen LogP contribution in [0.2, 0.25) is 0 Å². The summed E-state index contributed by atoms with van der Waals surface area (Å²) in [6.07, 6.45) is 0.755. The van der Waals surface area contributed by atoms with Gasteiger partial charge in [-0.05, 0) is 18.9 Å². The first kappa shape index (κ1) is 15.1. The van der Waals surface area contributed by atoms with Crippen LogP contribution in [0.4, 0.5) is 0 Å². The molecule has 0 aliphatic heterocycles. The SMILES string of the molecule is CCC(CO)NC(=O)CSCc1cccc(C)c1. The number of amides is 1. The lowest BCUT2D eigenvalue weighted by molar-refractivity contribution is -0.119. The quantitative estimate of drug-likeness (QED) is 0.795. The van der Waals surface area contributed by atoms with Gasteiger partial charge in [0.25, 0.3) is 0 Å². The van der Waals surface area contributed by atoms with Gasteiger partial charge in [0.2, 0.25) is 5.91 Å². The number of carbonyl (C=O) groups excluding carboxylic acids is 1. The first-order valence-corrected chi connectivity index (χ1v) is 7.34. The predicted octanol–water partition coefficient (Wildman–Crippen LogP) is 2.12. The van der Waals surface area contributed by atoms with Crippen LogP contribution in [-0.4, -0.2) is 29.4 Å². The van der Waals surface area contributed by atoms with E-state index in [-0.39, 0.29) is 18.6 Å².